The average molecular weight is 222 g/mol. The van der Waals surface area contributed by atoms with E-state index in [1.54, 1.807) is 12.1 Å². The standard InChI is InChI=1S/C12H18O2Si/c1-4-9-14-15(2,3)10-11-7-5-6-8-12(11)13/h4-8,13H,1,9-10H2,2-3H3. The van der Waals surface area contributed by atoms with Gasteiger partial charge < -0.3 is 9.53 Å². The fraction of sp³-hybridized carbons (Fsp3) is 0.333. The molecule has 2 nitrogen and oxygen atoms in total. The monoisotopic (exact) mass is 222 g/mol. The van der Waals surface area contributed by atoms with Gasteiger partial charge in [-0.15, -0.1) is 6.58 Å². The highest BCUT2D eigenvalue weighted by molar-refractivity contribution is 6.70. The highest BCUT2D eigenvalue weighted by atomic mass is 28.4. The lowest BCUT2D eigenvalue weighted by Gasteiger charge is -2.22. The Morgan fingerprint density at radius 2 is 2.07 bits per heavy atom. The minimum absolute atomic E-state index is 0.361. The van der Waals surface area contributed by atoms with Crippen LogP contribution >= 0.6 is 0 Å². The van der Waals surface area contributed by atoms with E-state index in [-0.39, 0.29) is 0 Å². The molecule has 0 saturated heterocycles. The third-order valence-electron chi connectivity index (χ3n) is 2.20. The van der Waals surface area contributed by atoms with Crippen molar-refractivity contribution in [1.29, 1.82) is 0 Å². The Kier molecular flexibility index (Phi) is 4.12. The van der Waals surface area contributed by atoms with E-state index in [1.807, 2.05) is 18.2 Å². The highest BCUT2D eigenvalue weighted by Crippen LogP contribution is 2.21. The van der Waals surface area contributed by atoms with Crippen LogP contribution in [0, 0.1) is 0 Å². The SMILES string of the molecule is C=CCO[Si](C)(C)Cc1ccccc1O. The van der Waals surface area contributed by atoms with Crippen LogP contribution in [0.15, 0.2) is 36.9 Å². The molecule has 1 N–H and O–H groups in total. The Bertz CT molecular complexity index is 334. The lowest BCUT2D eigenvalue weighted by Crippen LogP contribution is -2.33. The number of rotatable bonds is 5. The molecular formula is C12H18O2Si. The van der Waals surface area contributed by atoms with E-state index in [0.29, 0.717) is 12.4 Å². The first-order valence-electron chi connectivity index (χ1n) is 5.07. The fourth-order valence-electron chi connectivity index (χ4n) is 1.45. The number of hydrogen-bond acceptors (Lipinski definition) is 2. The van der Waals surface area contributed by atoms with Crippen molar-refractivity contribution in [3.8, 4) is 5.75 Å². The van der Waals surface area contributed by atoms with Crippen molar-refractivity contribution in [2.75, 3.05) is 6.61 Å². The molecule has 15 heavy (non-hydrogen) atoms. The molecule has 0 heterocycles. The lowest BCUT2D eigenvalue weighted by molar-refractivity contribution is 0.350. The number of phenols is 1. The van der Waals surface area contributed by atoms with Gasteiger partial charge in [-0.25, -0.2) is 0 Å². The van der Waals surface area contributed by atoms with Gasteiger partial charge in [-0.05, 0) is 30.8 Å². The zero-order valence-electron chi connectivity index (χ0n) is 9.36. The molecule has 0 spiro atoms. The maximum Gasteiger partial charge on any atom is 0.191 e. The van der Waals surface area contributed by atoms with Crippen molar-refractivity contribution in [3.05, 3.63) is 42.5 Å². The molecule has 82 valence electrons. The third-order valence-corrected chi connectivity index (χ3v) is 4.38. The zero-order chi connectivity index (χ0) is 11.3. The molecule has 3 heteroatoms. The molecule has 0 atom stereocenters. The Morgan fingerprint density at radius 3 is 2.67 bits per heavy atom. The summed E-state index contributed by atoms with van der Waals surface area (Å²) in [5.41, 5.74) is 0.971. The molecule has 0 bridgehead atoms. The van der Waals surface area contributed by atoms with Crippen molar-refractivity contribution in [2.24, 2.45) is 0 Å². The Morgan fingerprint density at radius 1 is 1.40 bits per heavy atom. The molecule has 0 aliphatic heterocycles. The van der Waals surface area contributed by atoms with Crippen LogP contribution < -0.4 is 0 Å². The topological polar surface area (TPSA) is 29.5 Å². The minimum atomic E-state index is -1.73. The summed E-state index contributed by atoms with van der Waals surface area (Å²) in [5.74, 6) is 0.361. The van der Waals surface area contributed by atoms with Crippen LogP contribution in [-0.2, 0) is 10.5 Å². The van der Waals surface area contributed by atoms with Gasteiger partial charge in [0.2, 0.25) is 0 Å². The van der Waals surface area contributed by atoms with Crippen LogP contribution in [-0.4, -0.2) is 20.0 Å². The molecule has 0 amide bonds. The first kappa shape index (κ1) is 12.0. The molecule has 0 radical (unpaired) electrons. The first-order chi connectivity index (χ1) is 7.05. The summed E-state index contributed by atoms with van der Waals surface area (Å²) in [6, 6.07) is 8.26. The van der Waals surface area contributed by atoms with E-state index in [4.69, 9.17) is 4.43 Å². The predicted octanol–water partition coefficient (Wildman–Crippen LogP) is 2.88. The number of phenolic OH excluding ortho intramolecular Hbond substituents is 1. The van der Waals surface area contributed by atoms with Crippen molar-refractivity contribution < 1.29 is 9.53 Å². The van der Waals surface area contributed by atoms with Crippen LogP contribution in [0.4, 0.5) is 0 Å². The molecule has 1 rings (SSSR count). The van der Waals surface area contributed by atoms with Gasteiger partial charge in [0, 0.05) is 0 Å². The van der Waals surface area contributed by atoms with Gasteiger partial charge in [0.25, 0.3) is 0 Å². The van der Waals surface area contributed by atoms with Crippen molar-refractivity contribution in [2.45, 2.75) is 19.1 Å². The minimum Gasteiger partial charge on any atom is -0.508 e. The number of benzene rings is 1. The van der Waals surface area contributed by atoms with Gasteiger partial charge >= 0.3 is 0 Å². The summed E-state index contributed by atoms with van der Waals surface area (Å²) in [7, 11) is -1.73. The molecule has 0 fully saturated rings. The van der Waals surface area contributed by atoms with E-state index >= 15 is 0 Å². The second kappa shape index (κ2) is 5.14. The van der Waals surface area contributed by atoms with Crippen LogP contribution in [0.1, 0.15) is 5.56 Å². The summed E-state index contributed by atoms with van der Waals surface area (Å²) in [6.07, 6.45) is 1.76. The third kappa shape index (κ3) is 3.89. The smallest absolute Gasteiger partial charge is 0.191 e. The summed E-state index contributed by atoms with van der Waals surface area (Å²) in [6.45, 7) is 8.51. The van der Waals surface area contributed by atoms with E-state index in [0.717, 1.165) is 11.6 Å². The van der Waals surface area contributed by atoms with Gasteiger partial charge in [0.1, 0.15) is 5.75 Å². The van der Waals surface area contributed by atoms with Crippen LogP contribution in [0.3, 0.4) is 0 Å². The molecule has 1 aromatic rings. The maximum absolute atomic E-state index is 9.65. The highest BCUT2D eigenvalue weighted by Gasteiger charge is 2.23. The molecule has 1 aromatic carbocycles. The Hall–Kier alpha value is -1.06. The summed E-state index contributed by atoms with van der Waals surface area (Å²) in [4.78, 5) is 0. The van der Waals surface area contributed by atoms with Crippen molar-refractivity contribution >= 4 is 8.32 Å². The molecule has 0 unspecified atom stereocenters. The van der Waals surface area contributed by atoms with Gasteiger partial charge in [-0.3, -0.25) is 0 Å². The van der Waals surface area contributed by atoms with Crippen LogP contribution in [0.25, 0.3) is 0 Å². The first-order valence-corrected chi connectivity index (χ1v) is 8.18. The summed E-state index contributed by atoms with van der Waals surface area (Å²) in [5, 5.41) is 9.65. The van der Waals surface area contributed by atoms with Crippen LogP contribution in [0.2, 0.25) is 13.1 Å². The maximum atomic E-state index is 9.65. The summed E-state index contributed by atoms with van der Waals surface area (Å²) >= 11 is 0. The van der Waals surface area contributed by atoms with E-state index in [1.165, 1.54) is 0 Å². The number of hydrogen-bond donors (Lipinski definition) is 1. The molecule has 0 aliphatic rings. The predicted molar refractivity (Wildman–Crippen MR) is 65.4 cm³/mol. The number of para-hydroxylation sites is 1. The molecular weight excluding hydrogens is 204 g/mol. The lowest BCUT2D eigenvalue weighted by atomic mass is 10.2. The normalized spacial score (nSPS) is 11.3. The second-order valence-electron chi connectivity index (χ2n) is 4.16. The number of aromatic hydroxyl groups is 1. The van der Waals surface area contributed by atoms with E-state index < -0.39 is 8.32 Å². The van der Waals surface area contributed by atoms with Crippen molar-refractivity contribution in [3.63, 3.8) is 0 Å². The largest absolute Gasteiger partial charge is 0.508 e. The van der Waals surface area contributed by atoms with Gasteiger partial charge in [0.15, 0.2) is 8.32 Å². The molecule has 0 aromatic heterocycles. The average Bonchev–Trinajstić information content (AvgIpc) is 2.18. The quantitative estimate of drug-likeness (QED) is 0.613. The van der Waals surface area contributed by atoms with Gasteiger partial charge in [-0.2, -0.15) is 0 Å². The van der Waals surface area contributed by atoms with E-state index in [2.05, 4.69) is 19.7 Å². The Labute approximate surface area is 92.3 Å². The molecule has 0 saturated carbocycles. The summed E-state index contributed by atoms with van der Waals surface area (Å²) < 4.78 is 5.75. The van der Waals surface area contributed by atoms with Gasteiger partial charge in [0.05, 0.1) is 6.61 Å². The fourth-order valence-corrected chi connectivity index (χ4v) is 3.34. The van der Waals surface area contributed by atoms with Crippen molar-refractivity contribution in [1.82, 2.24) is 0 Å². The second-order valence-corrected chi connectivity index (χ2v) is 8.33. The molecule has 0 aliphatic carbocycles. The van der Waals surface area contributed by atoms with E-state index in [9.17, 15) is 5.11 Å². The van der Waals surface area contributed by atoms with Crippen LogP contribution in [0.5, 0.6) is 5.75 Å². The Balaban J connectivity index is 2.68. The van der Waals surface area contributed by atoms with Gasteiger partial charge in [-0.1, -0.05) is 24.3 Å². The zero-order valence-corrected chi connectivity index (χ0v) is 10.4.